The normalized spacial score (nSPS) is 25.1. The molecule has 4 N–H and O–H groups in total. The number of nitro groups is 1. The number of anilines is 2. The number of likely N-dealkylation sites (tertiary alicyclic amines) is 1. The van der Waals surface area contributed by atoms with E-state index in [0.29, 0.717) is 67.7 Å². The number of benzene rings is 3. The monoisotopic (exact) mass is 1080 g/mol. The van der Waals surface area contributed by atoms with Crippen molar-refractivity contribution in [1.29, 1.82) is 0 Å². The van der Waals surface area contributed by atoms with E-state index in [2.05, 4.69) is 67.9 Å². The molecule has 11 rings (SSSR count). The zero-order valence-corrected chi connectivity index (χ0v) is 45.1. The van der Waals surface area contributed by atoms with Crippen LogP contribution in [0.3, 0.4) is 0 Å². The number of hydrogen-bond donors (Lipinski definition) is 4. The van der Waals surface area contributed by atoms with Crippen LogP contribution in [0.25, 0.3) is 11.0 Å². The van der Waals surface area contributed by atoms with Gasteiger partial charge in [-0.1, -0.05) is 38.1 Å². The third-order valence-electron chi connectivity index (χ3n) is 17.3. The van der Waals surface area contributed by atoms with Crippen molar-refractivity contribution in [1.82, 2.24) is 23.9 Å². The highest BCUT2D eigenvalue weighted by molar-refractivity contribution is 7.90. The Balaban J connectivity index is 0.850. The highest BCUT2D eigenvalue weighted by atomic mass is 32.2. The molecule has 19 nitrogen and oxygen atoms in total. The lowest BCUT2D eigenvalue weighted by molar-refractivity contribution is -0.384. The molecule has 2 aliphatic carbocycles. The predicted molar refractivity (Wildman–Crippen MR) is 287 cm³/mol. The van der Waals surface area contributed by atoms with Crippen LogP contribution >= 0.6 is 0 Å². The first-order valence-corrected chi connectivity index (χ1v) is 30.1. The molecule has 3 aromatic carbocycles. The van der Waals surface area contributed by atoms with E-state index in [4.69, 9.17) is 14.2 Å². The molecule has 6 aliphatic rings. The third-order valence-corrected chi connectivity index (χ3v) is 19.9. The summed E-state index contributed by atoms with van der Waals surface area (Å²) in [5.74, 6) is -0.430. The number of aliphatic hydroxyl groups is 1. The van der Waals surface area contributed by atoms with Gasteiger partial charge in [-0.25, -0.2) is 21.6 Å². The average molecular weight is 1080 g/mol. The number of pyridine rings is 1. The van der Waals surface area contributed by atoms with Gasteiger partial charge in [0.1, 0.15) is 24.6 Å². The first-order chi connectivity index (χ1) is 36.2. The van der Waals surface area contributed by atoms with Crippen LogP contribution in [-0.4, -0.2) is 121 Å². The van der Waals surface area contributed by atoms with Crippen LogP contribution in [0.1, 0.15) is 125 Å². The van der Waals surface area contributed by atoms with Gasteiger partial charge in [0, 0.05) is 67.2 Å². The molecule has 5 fully saturated rings. The molecule has 2 aromatic heterocycles. The molecule has 0 radical (unpaired) electrons. The first-order valence-electron chi connectivity index (χ1n) is 26.7. The maximum atomic E-state index is 14.5. The number of carbonyl (C=O) groups is 1. The molecule has 406 valence electrons. The number of fused-ring (bicyclic) bond motifs is 2. The SMILES string of the molecule is CC(C)c1ccccc1[C@@H]1CCCN1C1CC2(CCN(c3ccc(C(=O)NS(=O)(=O)c4cc5c(c([N+](=O)[O-])c4)N[C@@H]([C@H]4CC[C@](C)(O)CC4)CO5)c(Oc4cc5cc[nH]c5nc4OC[C@H]4CCN4S(C)(=O)=O)c3)CC2)C1. The smallest absolute Gasteiger partial charge is 0.297 e. The minimum atomic E-state index is -4.78. The molecule has 76 heavy (non-hydrogen) atoms. The molecule has 0 unspecified atom stereocenters. The Hall–Kier alpha value is -6.00. The van der Waals surface area contributed by atoms with Crippen LogP contribution in [0.15, 0.2) is 77.8 Å². The Morgan fingerprint density at radius 1 is 0.961 bits per heavy atom. The number of carbonyl (C=O) groups excluding carboxylic acids is 1. The number of aromatic amines is 1. The Kier molecular flexibility index (Phi) is 13.8. The summed E-state index contributed by atoms with van der Waals surface area (Å²) in [6.45, 7) is 9.43. The van der Waals surface area contributed by atoms with E-state index in [0.717, 1.165) is 63.3 Å². The average Bonchev–Trinajstić information content (AvgIpc) is 4.10. The zero-order valence-electron chi connectivity index (χ0n) is 43.5. The van der Waals surface area contributed by atoms with Gasteiger partial charge < -0.3 is 34.5 Å². The van der Waals surface area contributed by atoms with Gasteiger partial charge in [-0.05, 0) is 137 Å². The molecular formula is C55H68N8O11S2. The maximum absolute atomic E-state index is 14.5. The third kappa shape index (κ3) is 10.3. The quantitative estimate of drug-likeness (QED) is 0.0567. The minimum Gasteiger partial charge on any atom is -0.489 e. The molecule has 21 heteroatoms. The van der Waals surface area contributed by atoms with Crippen molar-refractivity contribution in [2.24, 2.45) is 11.3 Å². The number of H-pyrrole nitrogens is 1. The molecule has 1 amide bonds. The van der Waals surface area contributed by atoms with Crippen molar-refractivity contribution in [3.63, 3.8) is 0 Å². The predicted octanol–water partition coefficient (Wildman–Crippen LogP) is 8.62. The Morgan fingerprint density at radius 3 is 2.43 bits per heavy atom. The molecule has 2 saturated carbocycles. The fourth-order valence-corrected chi connectivity index (χ4v) is 15.0. The van der Waals surface area contributed by atoms with Crippen molar-refractivity contribution in [3.8, 4) is 23.1 Å². The standard InChI is InChI=1S/C55H68N8O11S2/c1-34(2)41-8-5-6-9-42(41)45-10-7-22-61(45)39-30-55(31-39)19-24-60(25-20-55)37-11-12-43(47(27-37)74-49-26-36-15-21-56-51(36)58-53(49)73-32-38-16-23-62(38)75(4,68)69)52(64)59-76(70,71)40-28-46(63(66)67)50-48(29-40)72-33-44(57-50)35-13-17-54(3,65)18-14-35/h5-6,8-9,11-12,15,21,26-29,34-35,38-39,44-45,57,65H,7,10,13-14,16-20,22-25,30-33H2,1-4H3,(H,56,58)(H,59,64)/t35-,38-,44-,45+,54-/m1/s1. The lowest BCUT2D eigenvalue weighted by Gasteiger charge is -2.56. The van der Waals surface area contributed by atoms with Crippen LogP contribution in [0.4, 0.5) is 17.1 Å². The van der Waals surface area contributed by atoms with Crippen molar-refractivity contribution in [2.45, 2.75) is 132 Å². The van der Waals surface area contributed by atoms with Crippen LogP contribution in [-0.2, 0) is 20.0 Å². The second-order valence-corrected chi connectivity index (χ2v) is 26.4. The van der Waals surface area contributed by atoms with E-state index in [-0.39, 0.29) is 65.0 Å². The Morgan fingerprint density at radius 2 is 1.72 bits per heavy atom. The lowest BCUT2D eigenvalue weighted by atomic mass is 9.59. The summed E-state index contributed by atoms with van der Waals surface area (Å²) in [6.07, 6.45) is 12.6. The maximum Gasteiger partial charge on any atom is 0.297 e. The highest BCUT2D eigenvalue weighted by Crippen LogP contribution is 2.55. The number of aromatic nitrogens is 2. The first kappa shape index (κ1) is 52.1. The molecule has 6 heterocycles. The number of nitrogens with one attached hydrogen (secondary N) is 3. The fourth-order valence-electron chi connectivity index (χ4n) is 12.8. The van der Waals surface area contributed by atoms with Crippen molar-refractivity contribution in [2.75, 3.05) is 55.9 Å². The minimum absolute atomic E-state index is 0.00175. The van der Waals surface area contributed by atoms with E-state index in [9.17, 15) is 36.9 Å². The van der Waals surface area contributed by atoms with E-state index in [1.54, 1.807) is 37.4 Å². The van der Waals surface area contributed by atoms with Gasteiger partial charge in [-0.2, -0.15) is 9.29 Å². The summed E-state index contributed by atoms with van der Waals surface area (Å²) < 4.78 is 75.7. The van der Waals surface area contributed by atoms with Gasteiger partial charge in [0.25, 0.3) is 27.5 Å². The molecule has 1 spiro atoms. The summed E-state index contributed by atoms with van der Waals surface area (Å²) in [7, 11) is -8.25. The topological polar surface area (TPSA) is 239 Å². The number of nitrogens with zero attached hydrogens (tertiary/aromatic N) is 5. The van der Waals surface area contributed by atoms with Gasteiger partial charge in [0.05, 0.1) is 39.3 Å². The Bertz CT molecular complexity index is 3270. The molecule has 3 saturated heterocycles. The molecule has 3 atom stereocenters. The van der Waals surface area contributed by atoms with Gasteiger partial charge in [-0.3, -0.25) is 19.8 Å². The van der Waals surface area contributed by atoms with Crippen molar-refractivity contribution >= 4 is 54.0 Å². The number of nitro benzene ring substituents is 1. The molecule has 4 aliphatic heterocycles. The van der Waals surface area contributed by atoms with Crippen LogP contribution in [0.2, 0.25) is 0 Å². The summed E-state index contributed by atoms with van der Waals surface area (Å²) in [4.78, 5) is 38.6. The fraction of sp³-hybridized carbons (Fsp3) is 0.527. The number of sulfonamides is 2. The van der Waals surface area contributed by atoms with Crippen molar-refractivity contribution < 1.29 is 45.9 Å². The van der Waals surface area contributed by atoms with Gasteiger partial charge in [0.15, 0.2) is 17.2 Å². The van der Waals surface area contributed by atoms with E-state index in [1.165, 1.54) is 40.4 Å². The molecular weight excluding hydrogens is 1010 g/mol. The largest absolute Gasteiger partial charge is 0.489 e. The number of amides is 1. The van der Waals surface area contributed by atoms with Gasteiger partial charge in [-0.15, -0.1) is 0 Å². The molecule has 0 bridgehead atoms. The molecule has 5 aromatic rings. The summed E-state index contributed by atoms with van der Waals surface area (Å²) in [5.41, 5.74) is 2.96. The Labute approximate surface area is 443 Å². The van der Waals surface area contributed by atoms with E-state index in [1.807, 2.05) is 0 Å². The second-order valence-electron chi connectivity index (χ2n) is 22.7. The summed E-state index contributed by atoms with van der Waals surface area (Å²) in [5, 5.41) is 26.9. The van der Waals surface area contributed by atoms with Gasteiger partial charge >= 0.3 is 0 Å². The number of piperidine rings is 1. The number of ether oxygens (including phenoxy) is 3. The lowest BCUT2D eigenvalue weighted by Crippen LogP contribution is -2.54. The van der Waals surface area contributed by atoms with E-state index >= 15 is 0 Å². The van der Waals surface area contributed by atoms with Crippen LogP contribution in [0.5, 0.6) is 23.1 Å². The zero-order chi connectivity index (χ0) is 53.3. The summed E-state index contributed by atoms with van der Waals surface area (Å²) >= 11 is 0. The number of hydrogen-bond acceptors (Lipinski definition) is 15. The van der Waals surface area contributed by atoms with E-state index < -0.39 is 53.1 Å². The van der Waals surface area contributed by atoms with Crippen LogP contribution < -0.4 is 29.1 Å². The van der Waals surface area contributed by atoms with Gasteiger partial charge in [0.2, 0.25) is 10.0 Å². The van der Waals surface area contributed by atoms with Crippen molar-refractivity contribution in [3.05, 3.63) is 99.7 Å². The highest BCUT2D eigenvalue weighted by Gasteiger charge is 2.50. The second kappa shape index (κ2) is 20.1. The summed E-state index contributed by atoms with van der Waals surface area (Å²) in [6, 6.07) is 19.7. The number of rotatable bonds is 15. The van der Waals surface area contributed by atoms with Crippen LogP contribution in [0, 0.1) is 21.4 Å².